The third kappa shape index (κ3) is 3.46. The van der Waals surface area contributed by atoms with Gasteiger partial charge in [0, 0.05) is 27.9 Å². The Morgan fingerprint density at radius 3 is 2.21 bits per heavy atom. The number of hydrogen-bond acceptors (Lipinski definition) is 3. The van der Waals surface area contributed by atoms with E-state index in [0.29, 0.717) is 5.02 Å². The van der Waals surface area contributed by atoms with Crippen LogP contribution in [-0.2, 0) is 0 Å². The van der Waals surface area contributed by atoms with Crippen LogP contribution in [0.4, 0.5) is 11.5 Å². The fraction of sp³-hybridized carbons (Fsp3) is 0. The molecule has 0 aliphatic heterocycles. The summed E-state index contributed by atoms with van der Waals surface area (Å²) >= 11 is 6.17. The molecule has 0 amide bonds. The molecule has 2 aromatic heterocycles. The summed E-state index contributed by atoms with van der Waals surface area (Å²) in [7, 11) is 0. The van der Waals surface area contributed by atoms with Crippen molar-refractivity contribution < 1.29 is 0 Å². The Bertz CT molecular complexity index is 1280. The van der Waals surface area contributed by atoms with Crippen molar-refractivity contribution in [1.29, 1.82) is 0 Å². The predicted octanol–water partition coefficient (Wildman–Crippen LogP) is 6.46. The summed E-state index contributed by atoms with van der Waals surface area (Å²) in [6, 6.07) is 30.0. The van der Waals surface area contributed by atoms with Crippen LogP contribution < -0.4 is 5.32 Å². The maximum Gasteiger partial charge on any atom is 0.165 e. The fourth-order valence-corrected chi connectivity index (χ4v) is 3.53. The fourth-order valence-electron chi connectivity index (χ4n) is 3.34. The number of nitrogens with one attached hydrogen (secondary N) is 1. The van der Waals surface area contributed by atoms with E-state index in [1.807, 2.05) is 77.4 Å². The van der Waals surface area contributed by atoms with Gasteiger partial charge < -0.3 is 5.32 Å². The van der Waals surface area contributed by atoms with Crippen LogP contribution in [-0.4, -0.2) is 14.6 Å². The molecule has 1 N–H and O–H groups in total. The molecule has 0 saturated heterocycles. The van der Waals surface area contributed by atoms with Crippen LogP contribution >= 0.6 is 11.6 Å². The minimum absolute atomic E-state index is 0.675. The number of halogens is 1. The first kappa shape index (κ1) is 17.5. The SMILES string of the molecule is Clc1cccc(Nc2cc(-c3ccccc3)nc3c(-c4ccccc4)cnn23)c1. The summed E-state index contributed by atoms with van der Waals surface area (Å²) in [6.07, 6.45) is 1.86. The molecule has 0 unspecified atom stereocenters. The van der Waals surface area contributed by atoms with Crippen molar-refractivity contribution in [3.63, 3.8) is 0 Å². The number of hydrogen-bond donors (Lipinski definition) is 1. The van der Waals surface area contributed by atoms with E-state index in [4.69, 9.17) is 16.6 Å². The van der Waals surface area contributed by atoms with Crippen molar-refractivity contribution in [3.8, 4) is 22.4 Å². The predicted molar refractivity (Wildman–Crippen MR) is 119 cm³/mol. The van der Waals surface area contributed by atoms with Gasteiger partial charge >= 0.3 is 0 Å². The molecule has 5 aromatic rings. The largest absolute Gasteiger partial charge is 0.340 e. The van der Waals surface area contributed by atoms with Gasteiger partial charge in [-0.25, -0.2) is 4.98 Å². The minimum atomic E-state index is 0.675. The van der Waals surface area contributed by atoms with E-state index in [1.54, 1.807) is 0 Å². The first-order valence-electron chi connectivity index (χ1n) is 9.30. The molecular formula is C24H17ClN4. The zero-order valence-electron chi connectivity index (χ0n) is 15.5. The number of aromatic nitrogens is 3. The van der Waals surface area contributed by atoms with Crippen LogP contribution in [0.2, 0.25) is 5.02 Å². The molecule has 0 saturated carbocycles. The number of nitrogens with zero attached hydrogens (tertiary/aromatic N) is 3. The van der Waals surface area contributed by atoms with Gasteiger partial charge in [-0.2, -0.15) is 9.61 Å². The van der Waals surface area contributed by atoms with Crippen LogP contribution in [0.1, 0.15) is 0 Å². The minimum Gasteiger partial charge on any atom is -0.340 e. The van der Waals surface area contributed by atoms with Crippen molar-refractivity contribution >= 4 is 28.8 Å². The normalized spacial score (nSPS) is 10.9. The number of anilines is 2. The van der Waals surface area contributed by atoms with E-state index in [0.717, 1.165) is 39.5 Å². The summed E-state index contributed by atoms with van der Waals surface area (Å²) in [6.45, 7) is 0. The summed E-state index contributed by atoms with van der Waals surface area (Å²) in [4.78, 5) is 4.94. The molecular weight excluding hydrogens is 380 g/mol. The molecule has 3 aromatic carbocycles. The van der Waals surface area contributed by atoms with Crippen molar-refractivity contribution in [1.82, 2.24) is 14.6 Å². The molecule has 0 bridgehead atoms. The Hall–Kier alpha value is -3.63. The number of benzene rings is 3. The second-order valence-electron chi connectivity index (χ2n) is 6.69. The Balaban J connectivity index is 1.71. The van der Waals surface area contributed by atoms with Gasteiger partial charge in [-0.3, -0.25) is 0 Å². The highest BCUT2D eigenvalue weighted by Crippen LogP contribution is 2.30. The lowest BCUT2D eigenvalue weighted by molar-refractivity contribution is 0.949. The first-order chi connectivity index (χ1) is 14.3. The third-order valence-corrected chi connectivity index (χ3v) is 4.96. The molecule has 0 radical (unpaired) electrons. The molecule has 0 aliphatic carbocycles. The van der Waals surface area contributed by atoms with Gasteiger partial charge in [0.25, 0.3) is 0 Å². The highest BCUT2D eigenvalue weighted by molar-refractivity contribution is 6.30. The molecule has 0 aliphatic rings. The van der Waals surface area contributed by atoms with Crippen molar-refractivity contribution in [3.05, 3.63) is 102 Å². The first-order valence-corrected chi connectivity index (χ1v) is 9.68. The van der Waals surface area contributed by atoms with Gasteiger partial charge in [-0.1, -0.05) is 78.3 Å². The van der Waals surface area contributed by atoms with E-state index in [-0.39, 0.29) is 0 Å². The van der Waals surface area contributed by atoms with Gasteiger partial charge in [0.15, 0.2) is 5.65 Å². The molecule has 4 nitrogen and oxygen atoms in total. The van der Waals surface area contributed by atoms with Gasteiger partial charge in [-0.05, 0) is 23.8 Å². The van der Waals surface area contributed by atoms with Crippen molar-refractivity contribution in [2.45, 2.75) is 0 Å². The maximum atomic E-state index is 6.17. The molecule has 5 heteroatoms. The topological polar surface area (TPSA) is 42.2 Å². The Morgan fingerprint density at radius 2 is 1.48 bits per heavy atom. The molecule has 0 fully saturated rings. The quantitative estimate of drug-likeness (QED) is 0.379. The van der Waals surface area contributed by atoms with Crippen LogP contribution in [0, 0.1) is 0 Å². The second-order valence-corrected chi connectivity index (χ2v) is 7.12. The van der Waals surface area contributed by atoms with E-state index in [2.05, 4.69) is 34.7 Å². The Kier molecular flexibility index (Phi) is 4.47. The standard InChI is InChI=1S/C24H17ClN4/c25-19-12-7-13-20(14-19)27-23-15-22(18-10-5-2-6-11-18)28-24-21(16-26-29(23)24)17-8-3-1-4-9-17/h1-16,27H. The lowest BCUT2D eigenvalue weighted by Gasteiger charge is -2.12. The van der Waals surface area contributed by atoms with Crippen molar-refractivity contribution in [2.75, 3.05) is 5.32 Å². The van der Waals surface area contributed by atoms with E-state index in [1.165, 1.54) is 0 Å². The monoisotopic (exact) mass is 396 g/mol. The van der Waals surface area contributed by atoms with Gasteiger partial charge in [0.05, 0.1) is 11.9 Å². The second kappa shape index (κ2) is 7.41. The Morgan fingerprint density at radius 1 is 0.759 bits per heavy atom. The summed E-state index contributed by atoms with van der Waals surface area (Å²) < 4.78 is 1.83. The van der Waals surface area contributed by atoms with Crippen molar-refractivity contribution in [2.24, 2.45) is 0 Å². The number of fused-ring (bicyclic) bond motifs is 1. The summed E-state index contributed by atoms with van der Waals surface area (Å²) in [5.41, 5.74) is 5.67. The highest BCUT2D eigenvalue weighted by atomic mass is 35.5. The lowest BCUT2D eigenvalue weighted by Crippen LogP contribution is -2.02. The van der Waals surface area contributed by atoms with Gasteiger partial charge in [-0.15, -0.1) is 0 Å². The average Bonchev–Trinajstić information content (AvgIpc) is 3.19. The molecule has 140 valence electrons. The third-order valence-electron chi connectivity index (χ3n) is 4.72. The number of rotatable bonds is 4. The molecule has 0 spiro atoms. The van der Waals surface area contributed by atoms with E-state index < -0.39 is 0 Å². The average molecular weight is 397 g/mol. The van der Waals surface area contributed by atoms with Crippen LogP contribution in [0.5, 0.6) is 0 Å². The van der Waals surface area contributed by atoms with E-state index >= 15 is 0 Å². The molecule has 29 heavy (non-hydrogen) atoms. The smallest absolute Gasteiger partial charge is 0.165 e. The molecule has 5 rings (SSSR count). The Labute approximate surface area is 173 Å². The van der Waals surface area contributed by atoms with E-state index in [9.17, 15) is 0 Å². The maximum absolute atomic E-state index is 6.17. The lowest BCUT2D eigenvalue weighted by atomic mass is 10.1. The molecule has 0 atom stereocenters. The van der Waals surface area contributed by atoms with Crippen LogP contribution in [0.25, 0.3) is 28.0 Å². The zero-order valence-corrected chi connectivity index (χ0v) is 16.2. The van der Waals surface area contributed by atoms with Crippen LogP contribution in [0.15, 0.2) is 97.2 Å². The summed E-state index contributed by atoms with van der Waals surface area (Å²) in [5, 5.41) is 8.72. The highest BCUT2D eigenvalue weighted by Gasteiger charge is 2.14. The zero-order chi connectivity index (χ0) is 19.6. The van der Waals surface area contributed by atoms with Gasteiger partial charge in [0.1, 0.15) is 5.82 Å². The summed E-state index contributed by atoms with van der Waals surface area (Å²) in [5.74, 6) is 0.818. The molecule has 2 heterocycles. The van der Waals surface area contributed by atoms with Gasteiger partial charge in [0.2, 0.25) is 0 Å². The van der Waals surface area contributed by atoms with Crippen LogP contribution in [0.3, 0.4) is 0 Å².